The van der Waals surface area contributed by atoms with Gasteiger partial charge in [0.2, 0.25) is 0 Å². The maximum Gasteiger partial charge on any atom is 0.270 e. The largest absolute Gasteiger partial charge is 0.335 e. The molecule has 0 atom stereocenters. The van der Waals surface area contributed by atoms with Gasteiger partial charge >= 0.3 is 0 Å². The van der Waals surface area contributed by atoms with Gasteiger partial charge in [-0.3, -0.25) is 9.59 Å². The molecule has 2 heterocycles. The molecule has 0 fully saturated rings. The van der Waals surface area contributed by atoms with E-state index in [1.54, 1.807) is 35.4 Å². The lowest BCUT2D eigenvalue weighted by Crippen LogP contribution is -2.28. The Balaban J connectivity index is 1.91. The first kappa shape index (κ1) is 14.5. The SMILES string of the molecule is Cc1ccsc1CN(C)C(=O)c1cc2ccccc2c(=O)[nH]1. The van der Waals surface area contributed by atoms with Crippen LogP contribution in [0.15, 0.2) is 46.6 Å². The standard InChI is InChI=1S/C17H16N2O2S/c1-11-7-8-22-15(11)10-19(2)17(21)14-9-12-5-3-4-6-13(12)16(20)18-14/h3-9H,10H2,1-2H3,(H,18,20). The van der Waals surface area contributed by atoms with Crippen molar-refractivity contribution in [1.82, 2.24) is 9.88 Å². The molecule has 112 valence electrons. The van der Waals surface area contributed by atoms with Gasteiger partial charge in [-0.1, -0.05) is 18.2 Å². The molecule has 0 radical (unpaired) electrons. The minimum absolute atomic E-state index is 0.185. The van der Waals surface area contributed by atoms with Crippen LogP contribution >= 0.6 is 11.3 Å². The van der Waals surface area contributed by atoms with E-state index in [0.29, 0.717) is 17.6 Å². The second-order valence-corrected chi connectivity index (χ2v) is 6.29. The van der Waals surface area contributed by atoms with Crippen LogP contribution in [0, 0.1) is 6.92 Å². The van der Waals surface area contributed by atoms with Gasteiger partial charge in [-0.2, -0.15) is 0 Å². The molecule has 1 amide bonds. The molecule has 0 saturated carbocycles. The third kappa shape index (κ3) is 2.67. The zero-order valence-electron chi connectivity index (χ0n) is 12.4. The summed E-state index contributed by atoms with van der Waals surface area (Å²) in [4.78, 5) is 30.1. The Labute approximate surface area is 132 Å². The highest BCUT2D eigenvalue weighted by Crippen LogP contribution is 2.18. The van der Waals surface area contributed by atoms with Crippen LogP contribution in [0.2, 0.25) is 0 Å². The minimum atomic E-state index is -0.234. The van der Waals surface area contributed by atoms with Crippen LogP contribution in [-0.2, 0) is 6.54 Å². The smallest absolute Gasteiger partial charge is 0.270 e. The fourth-order valence-corrected chi connectivity index (χ4v) is 3.34. The number of fused-ring (bicyclic) bond motifs is 1. The number of nitrogens with zero attached hydrogens (tertiary/aromatic N) is 1. The highest BCUT2D eigenvalue weighted by molar-refractivity contribution is 7.10. The molecular weight excluding hydrogens is 296 g/mol. The zero-order chi connectivity index (χ0) is 15.7. The van der Waals surface area contributed by atoms with E-state index in [1.807, 2.05) is 36.6 Å². The van der Waals surface area contributed by atoms with E-state index in [2.05, 4.69) is 4.98 Å². The number of rotatable bonds is 3. The average molecular weight is 312 g/mol. The number of hydrogen-bond donors (Lipinski definition) is 1. The number of nitrogens with one attached hydrogen (secondary N) is 1. The average Bonchev–Trinajstić information content (AvgIpc) is 2.91. The van der Waals surface area contributed by atoms with Crippen molar-refractivity contribution >= 4 is 28.0 Å². The topological polar surface area (TPSA) is 53.2 Å². The number of carbonyl (C=O) groups is 1. The van der Waals surface area contributed by atoms with E-state index in [-0.39, 0.29) is 11.5 Å². The molecule has 0 unspecified atom stereocenters. The monoisotopic (exact) mass is 312 g/mol. The molecule has 0 bridgehead atoms. The summed E-state index contributed by atoms with van der Waals surface area (Å²) in [5.74, 6) is -0.185. The Morgan fingerprint density at radius 3 is 2.77 bits per heavy atom. The van der Waals surface area contributed by atoms with Gasteiger partial charge in [0.25, 0.3) is 11.5 Å². The number of carbonyl (C=O) groups excluding carboxylic acids is 1. The maximum absolute atomic E-state index is 12.5. The van der Waals surface area contributed by atoms with Crippen LogP contribution in [-0.4, -0.2) is 22.8 Å². The summed E-state index contributed by atoms with van der Waals surface area (Å²) in [6.07, 6.45) is 0. The molecule has 3 aromatic rings. The molecule has 22 heavy (non-hydrogen) atoms. The van der Waals surface area contributed by atoms with Crippen molar-refractivity contribution < 1.29 is 4.79 Å². The maximum atomic E-state index is 12.5. The van der Waals surface area contributed by atoms with Crippen LogP contribution in [0.5, 0.6) is 0 Å². The Morgan fingerprint density at radius 1 is 1.27 bits per heavy atom. The summed E-state index contributed by atoms with van der Waals surface area (Å²) >= 11 is 1.63. The van der Waals surface area contributed by atoms with E-state index < -0.39 is 0 Å². The molecular formula is C17H16N2O2S. The molecule has 0 aliphatic rings. The van der Waals surface area contributed by atoms with Gasteiger partial charge < -0.3 is 9.88 Å². The number of amides is 1. The summed E-state index contributed by atoms with van der Waals surface area (Å²) in [6, 6.07) is 11.0. The molecule has 1 aromatic carbocycles. The van der Waals surface area contributed by atoms with E-state index in [0.717, 1.165) is 10.3 Å². The summed E-state index contributed by atoms with van der Waals surface area (Å²) in [7, 11) is 1.75. The Bertz CT molecular complexity index is 895. The number of thiophene rings is 1. The lowest BCUT2D eigenvalue weighted by molar-refractivity contribution is 0.0780. The predicted molar refractivity (Wildman–Crippen MR) is 89.4 cm³/mol. The van der Waals surface area contributed by atoms with Crippen LogP contribution in [0.1, 0.15) is 20.9 Å². The van der Waals surface area contributed by atoms with Crippen LogP contribution in [0.3, 0.4) is 0 Å². The number of H-pyrrole nitrogens is 1. The van der Waals surface area contributed by atoms with Gasteiger partial charge in [0, 0.05) is 17.3 Å². The third-order valence-electron chi connectivity index (χ3n) is 3.68. The lowest BCUT2D eigenvalue weighted by Gasteiger charge is -2.17. The van der Waals surface area contributed by atoms with Crippen LogP contribution in [0.25, 0.3) is 10.8 Å². The molecule has 4 nitrogen and oxygen atoms in total. The third-order valence-corrected chi connectivity index (χ3v) is 4.69. The van der Waals surface area contributed by atoms with Gasteiger partial charge in [0.05, 0.1) is 6.54 Å². The number of aromatic nitrogens is 1. The molecule has 3 rings (SSSR count). The van der Waals surface area contributed by atoms with E-state index in [4.69, 9.17) is 0 Å². The number of aromatic amines is 1. The number of pyridine rings is 1. The molecule has 0 aliphatic heterocycles. The summed E-state index contributed by atoms with van der Waals surface area (Å²) in [6.45, 7) is 2.57. The second kappa shape index (κ2) is 5.77. The minimum Gasteiger partial charge on any atom is -0.335 e. The molecule has 5 heteroatoms. The van der Waals surface area contributed by atoms with Crippen LogP contribution in [0.4, 0.5) is 0 Å². The summed E-state index contributed by atoms with van der Waals surface area (Å²) < 4.78 is 0. The Hall–Kier alpha value is -2.40. The van der Waals surface area contributed by atoms with Gasteiger partial charge in [-0.15, -0.1) is 11.3 Å². The number of hydrogen-bond acceptors (Lipinski definition) is 3. The number of aryl methyl sites for hydroxylation is 1. The normalized spacial score (nSPS) is 10.8. The van der Waals surface area contributed by atoms with Gasteiger partial charge in [0.1, 0.15) is 5.69 Å². The first-order valence-corrected chi connectivity index (χ1v) is 7.85. The second-order valence-electron chi connectivity index (χ2n) is 5.29. The van der Waals surface area contributed by atoms with Gasteiger partial charge in [0.15, 0.2) is 0 Å². The van der Waals surface area contributed by atoms with E-state index in [1.165, 1.54) is 5.56 Å². The molecule has 0 saturated heterocycles. The summed E-state index contributed by atoms with van der Waals surface area (Å²) in [5.41, 5.74) is 1.26. The summed E-state index contributed by atoms with van der Waals surface area (Å²) in [5, 5.41) is 3.38. The highest BCUT2D eigenvalue weighted by atomic mass is 32.1. The van der Waals surface area contributed by atoms with Gasteiger partial charge in [-0.05, 0) is 41.5 Å². The zero-order valence-corrected chi connectivity index (χ0v) is 13.2. The Morgan fingerprint density at radius 2 is 2.05 bits per heavy atom. The molecule has 1 N–H and O–H groups in total. The number of benzene rings is 1. The predicted octanol–water partition coefficient (Wildman–Crippen LogP) is 3.17. The van der Waals surface area contributed by atoms with Crippen molar-refractivity contribution in [3.8, 4) is 0 Å². The first-order valence-electron chi connectivity index (χ1n) is 6.97. The quantitative estimate of drug-likeness (QED) is 0.807. The highest BCUT2D eigenvalue weighted by Gasteiger charge is 2.15. The van der Waals surface area contributed by atoms with Crippen molar-refractivity contribution in [2.75, 3.05) is 7.05 Å². The van der Waals surface area contributed by atoms with Crippen molar-refractivity contribution in [1.29, 1.82) is 0 Å². The van der Waals surface area contributed by atoms with Crippen LogP contribution < -0.4 is 5.56 Å². The lowest BCUT2D eigenvalue weighted by atomic mass is 10.1. The first-order chi connectivity index (χ1) is 10.6. The Kier molecular flexibility index (Phi) is 3.81. The van der Waals surface area contributed by atoms with Gasteiger partial charge in [-0.25, -0.2) is 0 Å². The molecule has 2 aromatic heterocycles. The van der Waals surface area contributed by atoms with Crippen molar-refractivity contribution in [2.24, 2.45) is 0 Å². The molecule has 0 aliphatic carbocycles. The fraction of sp³-hybridized carbons (Fsp3) is 0.176. The fourth-order valence-electron chi connectivity index (χ4n) is 2.39. The molecule has 0 spiro atoms. The van der Waals surface area contributed by atoms with E-state index >= 15 is 0 Å². The van der Waals surface area contributed by atoms with Crippen molar-refractivity contribution in [2.45, 2.75) is 13.5 Å². The van der Waals surface area contributed by atoms with Crippen molar-refractivity contribution in [3.05, 3.63) is 68.3 Å². The van der Waals surface area contributed by atoms with E-state index in [9.17, 15) is 9.59 Å². The van der Waals surface area contributed by atoms with Crippen molar-refractivity contribution in [3.63, 3.8) is 0 Å².